The molecule has 1 rings (SSSR count). The lowest BCUT2D eigenvalue weighted by Gasteiger charge is -2.08. The fourth-order valence-corrected chi connectivity index (χ4v) is 0.956. The number of hydrogen-bond donors (Lipinski definition) is 0. The zero-order chi connectivity index (χ0) is 12.5. The van der Waals surface area contributed by atoms with Gasteiger partial charge in [0.25, 0.3) is 12.1 Å². The van der Waals surface area contributed by atoms with Crippen LogP contribution in [0.2, 0.25) is 0 Å². The molecular weight excluding hydrogens is 239 g/mol. The monoisotopic (exact) mass is 242 g/mol. The van der Waals surface area contributed by atoms with Crippen molar-refractivity contribution in [3.05, 3.63) is 33.6 Å². The zero-order valence-electron chi connectivity index (χ0n) is 7.33. The normalized spacial score (nSPS) is 11.9. The molecule has 0 aliphatic rings. The number of pyridine rings is 1. The average Bonchev–Trinajstić information content (AvgIpc) is 2.15. The summed E-state index contributed by atoms with van der Waals surface area (Å²) in [6, 6.07) is -0.0250. The van der Waals surface area contributed by atoms with Crippen LogP contribution in [0.3, 0.4) is 0 Å². The second-order valence-electron chi connectivity index (χ2n) is 2.68. The van der Waals surface area contributed by atoms with Crippen LogP contribution in [0.5, 0.6) is 0 Å². The van der Waals surface area contributed by atoms with Crippen molar-refractivity contribution in [2.45, 2.75) is 12.6 Å². The fourth-order valence-electron chi connectivity index (χ4n) is 0.956. The predicted octanol–water partition coefficient (Wildman–Crippen LogP) is 2.95. The van der Waals surface area contributed by atoms with Gasteiger partial charge in [0, 0.05) is 0 Å². The molecular formula is C7H3F5N2O2. The molecule has 1 aromatic rings. The summed E-state index contributed by atoms with van der Waals surface area (Å²) < 4.78 is 61.0. The SMILES string of the molecule is O=[N+]([O-])c1cnc(C(F)F)cc1C(F)(F)F. The van der Waals surface area contributed by atoms with E-state index in [2.05, 4.69) is 4.98 Å². The van der Waals surface area contributed by atoms with Gasteiger partial charge in [-0.2, -0.15) is 13.2 Å². The Bertz CT molecular complexity index is 418. The molecule has 0 N–H and O–H groups in total. The van der Waals surface area contributed by atoms with E-state index < -0.39 is 34.5 Å². The maximum absolute atomic E-state index is 12.3. The number of rotatable bonds is 2. The molecule has 0 unspecified atom stereocenters. The molecule has 0 bridgehead atoms. The van der Waals surface area contributed by atoms with E-state index in [1.54, 1.807) is 0 Å². The Morgan fingerprint density at radius 3 is 2.31 bits per heavy atom. The maximum Gasteiger partial charge on any atom is 0.423 e. The van der Waals surface area contributed by atoms with Gasteiger partial charge >= 0.3 is 6.18 Å². The van der Waals surface area contributed by atoms with Gasteiger partial charge in [-0.05, 0) is 6.07 Å². The summed E-state index contributed by atoms with van der Waals surface area (Å²) in [6.45, 7) is 0. The molecule has 0 spiro atoms. The van der Waals surface area contributed by atoms with E-state index in [-0.39, 0.29) is 12.3 Å². The number of hydrogen-bond acceptors (Lipinski definition) is 3. The Morgan fingerprint density at radius 2 is 1.94 bits per heavy atom. The average molecular weight is 242 g/mol. The van der Waals surface area contributed by atoms with Gasteiger partial charge in [-0.15, -0.1) is 0 Å². The van der Waals surface area contributed by atoms with Crippen LogP contribution >= 0.6 is 0 Å². The van der Waals surface area contributed by atoms with Gasteiger partial charge in [-0.1, -0.05) is 0 Å². The molecule has 0 aromatic carbocycles. The van der Waals surface area contributed by atoms with Gasteiger partial charge in [0.2, 0.25) is 0 Å². The topological polar surface area (TPSA) is 56.0 Å². The summed E-state index contributed by atoms with van der Waals surface area (Å²) in [5, 5.41) is 10.2. The quantitative estimate of drug-likeness (QED) is 0.455. The Labute approximate surface area is 84.9 Å². The maximum atomic E-state index is 12.3. The number of halogens is 5. The highest BCUT2D eigenvalue weighted by molar-refractivity contribution is 5.41. The van der Waals surface area contributed by atoms with Crippen LogP contribution in [0, 0.1) is 10.1 Å². The standard InChI is InChI=1S/C7H3F5N2O2/c8-6(9)4-1-3(7(10,11)12)5(2-13-4)14(15)16/h1-2,6H. The molecule has 0 radical (unpaired) electrons. The van der Waals surface area contributed by atoms with Gasteiger partial charge in [0.1, 0.15) is 17.5 Å². The van der Waals surface area contributed by atoms with Gasteiger partial charge in [0.05, 0.1) is 4.92 Å². The van der Waals surface area contributed by atoms with Crippen molar-refractivity contribution in [3.8, 4) is 0 Å². The fraction of sp³-hybridized carbons (Fsp3) is 0.286. The third-order valence-corrected chi connectivity index (χ3v) is 1.63. The molecule has 0 aliphatic heterocycles. The molecule has 0 aliphatic carbocycles. The summed E-state index contributed by atoms with van der Waals surface area (Å²) in [6.07, 6.45) is -8.12. The molecule has 88 valence electrons. The summed E-state index contributed by atoms with van der Waals surface area (Å²) in [4.78, 5) is 11.8. The minimum atomic E-state index is -5.07. The lowest BCUT2D eigenvalue weighted by Crippen LogP contribution is -2.10. The minimum absolute atomic E-state index is 0.0250. The first-order valence-corrected chi connectivity index (χ1v) is 3.73. The Morgan fingerprint density at radius 1 is 1.38 bits per heavy atom. The first-order chi connectivity index (χ1) is 7.23. The van der Waals surface area contributed by atoms with Crippen LogP contribution in [-0.2, 0) is 6.18 Å². The summed E-state index contributed by atoms with van der Waals surface area (Å²) in [5.41, 5.74) is -4.24. The van der Waals surface area contributed by atoms with Gasteiger partial charge < -0.3 is 0 Å². The molecule has 4 nitrogen and oxygen atoms in total. The van der Waals surface area contributed by atoms with Crippen LogP contribution < -0.4 is 0 Å². The van der Waals surface area contributed by atoms with Crippen LogP contribution in [0.25, 0.3) is 0 Å². The molecule has 1 aromatic heterocycles. The first kappa shape index (κ1) is 12.3. The first-order valence-electron chi connectivity index (χ1n) is 3.73. The minimum Gasteiger partial charge on any atom is -0.258 e. The van der Waals surface area contributed by atoms with Gasteiger partial charge in [-0.3, -0.25) is 10.1 Å². The number of nitro groups is 1. The highest BCUT2D eigenvalue weighted by Gasteiger charge is 2.39. The number of nitrogens with zero attached hydrogens (tertiary/aromatic N) is 2. The lowest BCUT2D eigenvalue weighted by atomic mass is 10.2. The second-order valence-corrected chi connectivity index (χ2v) is 2.68. The summed E-state index contributed by atoms with van der Waals surface area (Å²) >= 11 is 0. The van der Waals surface area contributed by atoms with E-state index in [9.17, 15) is 32.1 Å². The zero-order valence-corrected chi connectivity index (χ0v) is 7.33. The van der Waals surface area contributed by atoms with Crippen LogP contribution in [-0.4, -0.2) is 9.91 Å². The molecule has 0 saturated heterocycles. The van der Waals surface area contributed by atoms with Crippen molar-refractivity contribution in [1.29, 1.82) is 0 Å². The van der Waals surface area contributed by atoms with Gasteiger partial charge in [-0.25, -0.2) is 13.8 Å². The van der Waals surface area contributed by atoms with Crippen molar-refractivity contribution in [3.63, 3.8) is 0 Å². The lowest BCUT2D eigenvalue weighted by molar-refractivity contribution is -0.388. The van der Waals surface area contributed by atoms with Crippen molar-refractivity contribution in [2.75, 3.05) is 0 Å². The third-order valence-electron chi connectivity index (χ3n) is 1.63. The molecule has 16 heavy (non-hydrogen) atoms. The molecule has 0 atom stereocenters. The Kier molecular flexibility index (Phi) is 3.06. The van der Waals surface area contributed by atoms with E-state index in [1.807, 2.05) is 0 Å². The molecule has 0 saturated carbocycles. The number of aromatic nitrogens is 1. The summed E-state index contributed by atoms with van der Waals surface area (Å²) in [7, 11) is 0. The number of alkyl halides is 5. The molecule has 0 fully saturated rings. The molecule has 9 heteroatoms. The van der Waals surface area contributed by atoms with Crippen molar-refractivity contribution < 1.29 is 26.9 Å². The highest BCUT2D eigenvalue weighted by atomic mass is 19.4. The molecule has 0 amide bonds. The van der Waals surface area contributed by atoms with Crippen molar-refractivity contribution >= 4 is 5.69 Å². The Hall–Kier alpha value is -1.80. The Balaban J connectivity index is 3.39. The van der Waals surface area contributed by atoms with Crippen LogP contribution in [0.15, 0.2) is 12.3 Å². The smallest absolute Gasteiger partial charge is 0.258 e. The van der Waals surface area contributed by atoms with Crippen LogP contribution in [0.1, 0.15) is 17.7 Å². The van der Waals surface area contributed by atoms with Gasteiger partial charge in [0.15, 0.2) is 0 Å². The van der Waals surface area contributed by atoms with Crippen LogP contribution in [0.4, 0.5) is 27.6 Å². The second kappa shape index (κ2) is 3.99. The van der Waals surface area contributed by atoms with Crippen molar-refractivity contribution in [1.82, 2.24) is 4.98 Å². The molecule has 1 heterocycles. The van der Waals surface area contributed by atoms with Crippen molar-refractivity contribution in [2.24, 2.45) is 0 Å². The third kappa shape index (κ3) is 2.41. The van der Waals surface area contributed by atoms with E-state index in [0.717, 1.165) is 0 Å². The van der Waals surface area contributed by atoms with E-state index in [0.29, 0.717) is 0 Å². The largest absolute Gasteiger partial charge is 0.423 e. The highest BCUT2D eigenvalue weighted by Crippen LogP contribution is 2.37. The summed E-state index contributed by atoms with van der Waals surface area (Å²) in [5.74, 6) is 0. The van der Waals surface area contributed by atoms with E-state index in [1.165, 1.54) is 0 Å². The van der Waals surface area contributed by atoms with E-state index >= 15 is 0 Å². The van der Waals surface area contributed by atoms with E-state index in [4.69, 9.17) is 0 Å². The predicted molar refractivity (Wildman–Crippen MR) is 40.9 cm³/mol.